The topological polar surface area (TPSA) is 103 Å². The van der Waals surface area contributed by atoms with Crippen molar-refractivity contribution in [1.29, 1.82) is 0 Å². The number of carbonyl (C=O) groups excluding carboxylic acids is 1. The van der Waals surface area contributed by atoms with Crippen molar-refractivity contribution < 1.29 is 14.7 Å². The average molecular weight is 472 g/mol. The number of methoxy groups -OCH3 is 1. The Balaban J connectivity index is 1.65. The molecule has 0 radical (unpaired) electrons. The summed E-state index contributed by atoms with van der Waals surface area (Å²) in [5.41, 5.74) is 4.06. The molecule has 1 aromatic heterocycles. The zero-order valence-corrected chi connectivity index (χ0v) is 19.2. The van der Waals surface area contributed by atoms with Crippen LogP contribution in [0.15, 0.2) is 88.5 Å². The minimum Gasteiger partial charge on any atom is -0.497 e. The van der Waals surface area contributed by atoms with Crippen molar-refractivity contribution in [2.45, 2.75) is 19.5 Å². The van der Waals surface area contributed by atoms with Gasteiger partial charge in [-0.15, -0.1) is 0 Å². The molecule has 0 unspecified atom stereocenters. The van der Waals surface area contributed by atoms with Gasteiger partial charge < -0.3 is 4.74 Å². The lowest BCUT2D eigenvalue weighted by Crippen LogP contribution is -2.40. The van der Waals surface area contributed by atoms with Gasteiger partial charge in [0.2, 0.25) is 0 Å². The molecule has 1 heterocycles. The van der Waals surface area contributed by atoms with Crippen LogP contribution in [0.4, 0.5) is 0 Å². The number of benzene rings is 3. The quantitative estimate of drug-likeness (QED) is 0.234. The standard InChI is InChI=1S/C27H25N3O5/c1-35-22-13-10-20(11-14-22)16-17-29-26(32)23-4-2-3-5-24(23)30(27(29)33)18-21-8-6-19(7-9-21)12-15-25(31)28-34/h2-15,34H,16-18H2,1H3,(H,28,31)/b15-12+. The zero-order valence-electron chi connectivity index (χ0n) is 19.2. The van der Waals surface area contributed by atoms with Gasteiger partial charge >= 0.3 is 5.69 Å². The van der Waals surface area contributed by atoms with Crippen LogP contribution >= 0.6 is 0 Å². The highest BCUT2D eigenvalue weighted by Gasteiger charge is 2.13. The third-order valence-corrected chi connectivity index (χ3v) is 5.77. The largest absolute Gasteiger partial charge is 0.497 e. The fraction of sp³-hybridized carbons (Fsp3) is 0.148. The number of aromatic nitrogens is 2. The monoisotopic (exact) mass is 471 g/mol. The van der Waals surface area contributed by atoms with Gasteiger partial charge in [0.25, 0.3) is 11.5 Å². The molecule has 8 nitrogen and oxygen atoms in total. The summed E-state index contributed by atoms with van der Waals surface area (Å²) < 4.78 is 8.08. The first kappa shape index (κ1) is 23.7. The summed E-state index contributed by atoms with van der Waals surface area (Å²) in [6, 6.07) is 22.0. The Kier molecular flexibility index (Phi) is 7.23. The number of hydrogen-bond donors (Lipinski definition) is 2. The highest BCUT2D eigenvalue weighted by Crippen LogP contribution is 2.14. The maximum atomic E-state index is 13.4. The van der Waals surface area contributed by atoms with Crippen molar-refractivity contribution in [3.8, 4) is 5.75 Å². The first-order valence-corrected chi connectivity index (χ1v) is 11.1. The Morgan fingerprint density at radius 3 is 2.31 bits per heavy atom. The molecule has 0 bridgehead atoms. The molecule has 4 rings (SSSR count). The predicted octanol–water partition coefficient (Wildman–Crippen LogP) is 2.98. The second-order valence-corrected chi connectivity index (χ2v) is 7.99. The molecule has 0 saturated heterocycles. The smallest absolute Gasteiger partial charge is 0.331 e. The van der Waals surface area contributed by atoms with Gasteiger partial charge in [0, 0.05) is 12.6 Å². The second-order valence-electron chi connectivity index (χ2n) is 7.99. The Bertz CT molecular complexity index is 1480. The number of ether oxygens (including phenoxy) is 1. The molecule has 0 aliphatic heterocycles. The Morgan fingerprint density at radius 1 is 0.943 bits per heavy atom. The van der Waals surface area contributed by atoms with Crippen molar-refractivity contribution in [3.05, 3.63) is 116 Å². The van der Waals surface area contributed by atoms with Crippen LogP contribution in [0.3, 0.4) is 0 Å². The molecule has 35 heavy (non-hydrogen) atoms. The van der Waals surface area contributed by atoms with E-state index in [0.29, 0.717) is 17.3 Å². The molecule has 0 saturated carbocycles. The number of nitrogens with zero attached hydrogens (tertiary/aromatic N) is 2. The summed E-state index contributed by atoms with van der Waals surface area (Å²) in [6.07, 6.45) is 3.31. The number of para-hydroxylation sites is 1. The van der Waals surface area contributed by atoms with Gasteiger partial charge in [-0.1, -0.05) is 48.5 Å². The van der Waals surface area contributed by atoms with E-state index >= 15 is 0 Å². The first-order valence-electron chi connectivity index (χ1n) is 11.1. The lowest BCUT2D eigenvalue weighted by atomic mass is 10.1. The maximum absolute atomic E-state index is 13.4. The summed E-state index contributed by atoms with van der Waals surface area (Å²) in [7, 11) is 1.60. The van der Waals surface area contributed by atoms with Crippen molar-refractivity contribution in [2.75, 3.05) is 7.11 Å². The SMILES string of the molecule is COc1ccc(CCn2c(=O)c3ccccc3n(Cc3ccc(/C=C/C(=O)NO)cc3)c2=O)cc1. The second kappa shape index (κ2) is 10.7. The zero-order chi connectivity index (χ0) is 24.8. The summed E-state index contributed by atoms with van der Waals surface area (Å²) in [5.74, 6) is 0.126. The fourth-order valence-corrected chi connectivity index (χ4v) is 3.88. The minimum absolute atomic E-state index is 0.255. The van der Waals surface area contributed by atoms with E-state index in [1.165, 1.54) is 10.6 Å². The number of amides is 1. The van der Waals surface area contributed by atoms with Gasteiger partial charge in [-0.25, -0.2) is 10.3 Å². The predicted molar refractivity (Wildman–Crippen MR) is 134 cm³/mol. The van der Waals surface area contributed by atoms with Gasteiger partial charge in [-0.3, -0.25) is 23.9 Å². The summed E-state index contributed by atoms with van der Waals surface area (Å²) >= 11 is 0. The summed E-state index contributed by atoms with van der Waals surface area (Å²) in [6.45, 7) is 0.536. The van der Waals surface area contributed by atoms with Crippen molar-refractivity contribution >= 4 is 22.9 Å². The number of fused-ring (bicyclic) bond motifs is 1. The van der Waals surface area contributed by atoms with Gasteiger partial charge in [-0.2, -0.15) is 0 Å². The minimum atomic E-state index is -0.621. The van der Waals surface area contributed by atoms with Crippen LogP contribution in [-0.4, -0.2) is 27.4 Å². The first-order chi connectivity index (χ1) is 17.0. The Morgan fingerprint density at radius 2 is 1.63 bits per heavy atom. The van der Waals surface area contributed by atoms with E-state index < -0.39 is 5.91 Å². The van der Waals surface area contributed by atoms with Gasteiger partial charge in [0.15, 0.2) is 0 Å². The fourth-order valence-electron chi connectivity index (χ4n) is 3.88. The molecule has 0 aliphatic carbocycles. The molecule has 4 aromatic rings. The third-order valence-electron chi connectivity index (χ3n) is 5.77. The van der Waals surface area contributed by atoms with Crippen LogP contribution in [0, 0.1) is 0 Å². The van der Waals surface area contributed by atoms with Gasteiger partial charge in [-0.05, 0) is 53.5 Å². The van der Waals surface area contributed by atoms with E-state index in [2.05, 4.69) is 0 Å². The number of carbonyl (C=O) groups is 1. The molecule has 0 atom stereocenters. The van der Waals surface area contributed by atoms with E-state index in [1.54, 1.807) is 47.5 Å². The number of hydrogen-bond acceptors (Lipinski definition) is 5. The Hall–Kier alpha value is -4.43. The number of hydroxylamine groups is 1. The van der Waals surface area contributed by atoms with Crippen LogP contribution in [0.2, 0.25) is 0 Å². The van der Waals surface area contributed by atoms with Crippen molar-refractivity contribution in [2.24, 2.45) is 0 Å². The molecule has 0 spiro atoms. The number of nitrogens with one attached hydrogen (secondary N) is 1. The molecule has 8 heteroatoms. The lowest BCUT2D eigenvalue weighted by Gasteiger charge is -2.14. The van der Waals surface area contributed by atoms with Gasteiger partial charge in [0.1, 0.15) is 5.75 Å². The number of rotatable bonds is 8. The highest BCUT2D eigenvalue weighted by atomic mass is 16.5. The van der Waals surface area contributed by atoms with E-state index in [1.807, 2.05) is 48.5 Å². The molecule has 0 aliphatic rings. The van der Waals surface area contributed by atoms with Crippen molar-refractivity contribution in [1.82, 2.24) is 14.6 Å². The molecular formula is C27H25N3O5. The lowest BCUT2D eigenvalue weighted by molar-refractivity contribution is -0.124. The molecule has 3 aromatic carbocycles. The van der Waals surface area contributed by atoms with Crippen LogP contribution in [-0.2, 0) is 24.3 Å². The van der Waals surface area contributed by atoms with Crippen molar-refractivity contribution in [3.63, 3.8) is 0 Å². The molecule has 2 N–H and O–H groups in total. The van der Waals surface area contributed by atoms with E-state index in [9.17, 15) is 14.4 Å². The Labute approximate surface area is 201 Å². The third kappa shape index (κ3) is 5.39. The van der Waals surface area contributed by atoms with Crippen LogP contribution in [0.5, 0.6) is 5.75 Å². The van der Waals surface area contributed by atoms with Crippen LogP contribution < -0.4 is 21.5 Å². The van der Waals surface area contributed by atoms with Gasteiger partial charge in [0.05, 0.1) is 24.6 Å². The van der Waals surface area contributed by atoms with E-state index in [-0.39, 0.29) is 24.3 Å². The molecular weight excluding hydrogens is 446 g/mol. The molecule has 178 valence electrons. The highest BCUT2D eigenvalue weighted by molar-refractivity contribution is 5.90. The molecule has 1 amide bonds. The van der Waals surface area contributed by atoms with Crippen LogP contribution in [0.25, 0.3) is 17.0 Å². The summed E-state index contributed by atoms with van der Waals surface area (Å²) in [5, 5.41) is 9.07. The normalized spacial score (nSPS) is 11.1. The van der Waals surface area contributed by atoms with Crippen LogP contribution in [0.1, 0.15) is 16.7 Å². The maximum Gasteiger partial charge on any atom is 0.331 e. The summed E-state index contributed by atoms with van der Waals surface area (Å²) in [4.78, 5) is 37.7. The van der Waals surface area contributed by atoms with E-state index in [0.717, 1.165) is 22.4 Å². The number of aryl methyl sites for hydroxylation is 1. The van der Waals surface area contributed by atoms with E-state index in [4.69, 9.17) is 9.94 Å². The molecule has 0 fully saturated rings. The average Bonchev–Trinajstić information content (AvgIpc) is 2.90.